The van der Waals surface area contributed by atoms with Gasteiger partial charge in [-0.05, 0) is 30.5 Å². The number of benzene rings is 1. The maximum atomic E-state index is 14.7. The fourth-order valence-electron chi connectivity index (χ4n) is 3.15. The Bertz CT molecular complexity index is 501. The molecule has 1 aliphatic heterocycles. The number of nitrogens with one attached hydrogen (secondary N) is 1. The highest BCUT2D eigenvalue weighted by Gasteiger charge is 2.59. The van der Waals surface area contributed by atoms with Gasteiger partial charge in [0.25, 0.3) is 0 Å². The second-order valence-corrected chi connectivity index (χ2v) is 5.73. The van der Waals surface area contributed by atoms with Crippen molar-refractivity contribution in [1.29, 1.82) is 0 Å². The van der Waals surface area contributed by atoms with Crippen LogP contribution in [0.5, 0.6) is 0 Å². The second kappa shape index (κ2) is 4.72. The van der Waals surface area contributed by atoms with E-state index in [-0.39, 0.29) is 12.1 Å². The lowest BCUT2D eigenvalue weighted by Crippen LogP contribution is -2.59. The highest BCUT2D eigenvalue weighted by atomic mass is 19.1. The van der Waals surface area contributed by atoms with E-state index in [0.29, 0.717) is 18.9 Å². The predicted octanol–water partition coefficient (Wildman–Crippen LogP) is 1.45. The molecule has 0 bridgehead atoms. The van der Waals surface area contributed by atoms with E-state index >= 15 is 0 Å². The number of halogens is 3. The quantitative estimate of drug-likeness (QED) is 0.771. The molecule has 20 heavy (non-hydrogen) atoms. The summed E-state index contributed by atoms with van der Waals surface area (Å²) in [5, 5.41) is 22.8. The van der Waals surface area contributed by atoms with Crippen LogP contribution in [0.2, 0.25) is 0 Å². The Kier molecular flexibility index (Phi) is 3.27. The van der Waals surface area contributed by atoms with Gasteiger partial charge in [-0.25, -0.2) is 13.2 Å². The molecule has 3 rings (SSSR count). The Morgan fingerprint density at radius 3 is 2.30 bits per heavy atom. The smallest absolute Gasteiger partial charge is 0.132 e. The molecule has 3 nitrogen and oxygen atoms in total. The van der Waals surface area contributed by atoms with Crippen molar-refractivity contribution in [2.24, 2.45) is 5.92 Å². The third kappa shape index (κ3) is 2.21. The summed E-state index contributed by atoms with van der Waals surface area (Å²) in [7, 11) is 0. The monoisotopic (exact) mass is 287 g/mol. The zero-order valence-corrected chi connectivity index (χ0v) is 10.7. The molecule has 6 heteroatoms. The molecular formula is C14H16F3NO2. The lowest BCUT2D eigenvalue weighted by atomic mass is 9.78. The van der Waals surface area contributed by atoms with Crippen molar-refractivity contribution in [3.63, 3.8) is 0 Å². The molecule has 4 atom stereocenters. The number of aliphatic hydroxyl groups is 2. The fraction of sp³-hybridized carbons (Fsp3) is 0.571. The molecule has 0 unspecified atom stereocenters. The van der Waals surface area contributed by atoms with Crippen molar-refractivity contribution in [3.8, 4) is 0 Å². The Morgan fingerprint density at radius 2 is 1.75 bits per heavy atom. The SMILES string of the molecule is O[C@@H]1[C@@H]([C@H](F)c2cc(F)cc(F)c2)C2(CC2)NC[C@H]1O. The molecule has 0 aromatic heterocycles. The summed E-state index contributed by atoms with van der Waals surface area (Å²) in [6.07, 6.45) is -2.71. The van der Waals surface area contributed by atoms with Gasteiger partial charge in [0.1, 0.15) is 17.8 Å². The average molecular weight is 287 g/mol. The van der Waals surface area contributed by atoms with Crippen molar-refractivity contribution in [2.45, 2.75) is 36.8 Å². The molecule has 1 saturated heterocycles. The lowest BCUT2D eigenvalue weighted by Gasteiger charge is -2.41. The van der Waals surface area contributed by atoms with Crippen LogP contribution in [0.3, 0.4) is 0 Å². The molecule has 3 N–H and O–H groups in total. The van der Waals surface area contributed by atoms with Gasteiger partial charge in [-0.1, -0.05) is 0 Å². The number of rotatable bonds is 2. The van der Waals surface area contributed by atoms with Gasteiger partial charge < -0.3 is 15.5 Å². The largest absolute Gasteiger partial charge is 0.390 e. The van der Waals surface area contributed by atoms with E-state index in [2.05, 4.69) is 5.32 Å². The predicted molar refractivity (Wildman–Crippen MR) is 65.7 cm³/mol. The first-order valence-electron chi connectivity index (χ1n) is 6.64. The summed E-state index contributed by atoms with van der Waals surface area (Å²) in [6.45, 7) is 0.196. The summed E-state index contributed by atoms with van der Waals surface area (Å²) < 4.78 is 41.1. The standard InChI is InChI=1S/C14H16F3NO2/c15-8-3-7(4-9(16)5-8)12(17)11-13(20)10(19)6-18-14(11)1-2-14/h3-5,10-13,18-20H,1-2,6H2/t10-,11-,12-,13+/m1/s1. The summed E-state index contributed by atoms with van der Waals surface area (Å²) >= 11 is 0. The van der Waals surface area contributed by atoms with Gasteiger partial charge in [0.05, 0.1) is 12.2 Å². The average Bonchev–Trinajstić information content (AvgIpc) is 3.14. The number of hydrogen-bond acceptors (Lipinski definition) is 3. The molecule has 2 aliphatic rings. The molecule has 1 aromatic rings. The van der Waals surface area contributed by atoms with Gasteiger partial charge in [0, 0.05) is 24.1 Å². The van der Waals surface area contributed by atoms with Crippen LogP contribution in [0.4, 0.5) is 13.2 Å². The van der Waals surface area contributed by atoms with Crippen molar-refractivity contribution in [2.75, 3.05) is 6.54 Å². The maximum Gasteiger partial charge on any atom is 0.132 e. The summed E-state index contributed by atoms with van der Waals surface area (Å²) in [6, 6.07) is 2.53. The molecular weight excluding hydrogens is 271 g/mol. The van der Waals surface area contributed by atoms with E-state index in [4.69, 9.17) is 0 Å². The minimum atomic E-state index is -1.74. The van der Waals surface area contributed by atoms with Crippen LogP contribution in [0.15, 0.2) is 18.2 Å². The van der Waals surface area contributed by atoms with E-state index in [1.165, 1.54) is 0 Å². The van der Waals surface area contributed by atoms with Gasteiger partial charge in [-0.2, -0.15) is 0 Å². The number of alkyl halides is 1. The zero-order chi connectivity index (χ0) is 14.5. The van der Waals surface area contributed by atoms with Gasteiger partial charge in [0.2, 0.25) is 0 Å². The van der Waals surface area contributed by atoms with Crippen molar-refractivity contribution in [1.82, 2.24) is 5.32 Å². The van der Waals surface area contributed by atoms with Crippen molar-refractivity contribution in [3.05, 3.63) is 35.4 Å². The number of aliphatic hydroxyl groups excluding tert-OH is 2. The van der Waals surface area contributed by atoms with Crippen LogP contribution in [0, 0.1) is 17.6 Å². The highest BCUT2D eigenvalue weighted by molar-refractivity contribution is 5.25. The molecule has 1 heterocycles. The molecule has 1 saturated carbocycles. The zero-order valence-electron chi connectivity index (χ0n) is 10.7. The normalized spacial score (nSPS) is 33.1. The third-order valence-corrected chi connectivity index (χ3v) is 4.37. The van der Waals surface area contributed by atoms with Gasteiger partial charge in [-0.3, -0.25) is 0 Å². The first-order valence-corrected chi connectivity index (χ1v) is 6.64. The van der Waals surface area contributed by atoms with Crippen molar-refractivity contribution >= 4 is 0 Å². The van der Waals surface area contributed by atoms with Crippen LogP contribution in [-0.2, 0) is 0 Å². The molecule has 2 fully saturated rings. The molecule has 1 aromatic carbocycles. The summed E-state index contributed by atoms with van der Waals surface area (Å²) in [5.74, 6) is -2.62. The maximum absolute atomic E-state index is 14.7. The fourth-order valence-corrected chi connectivity index (χ4v) is 3.15. The third-order valence-electron chi connectivity index (χ3n) is 4.37. The number of piperidine rings is 1. The van der Waals surface area contributed by atoms with Crippen molar-refractivity contribution < 1.29 is 23.4 Å². The minimum absolute atomic E-state index is 0.145. The van der Waals surface area contributed by atoms with E-state index in [0.717, 1.165) is 12.1 Å². The van der Waals surface area contributed by atoms with Crippen LogP contribution >= 0.6 is 0 Å². The first-order chi connectivity index (χ1) is 9.43. The molecule has 110 valence electrons. The van der Waals surface area contributed by atoms with E-state index in [1.54, 1.807) is 0 Å². The Balaban J connectivity index is 1.93. The lowest BCUT2D eigenvalue weighted by molar-refractivity contribution is -0.0822. The summed E-state index contributed by atoms with van der Waals surface area (Å²) in [4.78, 5) is 0. The van der Waals surface area contributed by atoms with Crippen LogP contribution < -0.4 is 5.32 Å². The van der Waals surface area contributed by atoms with Gasteiger partial charge >= 0.3 is 0 Å². The Morgan fingerprint density at radius 1 is 1.15 bits per heavy atom. The van der Waals surface area contributed by atoms with Crippen LogP contribution in [0.1, 0.15) is 24.6 Å². The van der Waals surface area contributed by atoms with E-state index in [1.807, 2.05) is 0 Å². The number of hydrogen-bond donors (Lipinski definition) is 3. The minimum Gasteiger partial charge on any atom is -0.390 e. The van der Waals surface area contributed by atoms with Crippen LogP contribution in [-0.4, -0.2) is 34.5 Å². The van der Waals surface area contributed by atoms with E-state index in [9.17, 15) is 23.4 Å². The molecule has 0 radical (unpaired) electrons. The van der Waals surface area contributed by atoms with Gasteiger partial charge in [0.15, 0.2) is 0 Å². The van der Waals surface area contributed by atoms with E-state index < -0.39 is 41.5 Å². The summed E-state index contributed by atoms with van der Waals surface area (Å²) in [5.41, 5.74) is -0.713. The molecule has 0 amide bonds. The topological polar surface area (TPSA) is 52.5 Å². The molecule has 1 spiro atoms. The second-order valence-electron chi connectivity index (χ2n) is 5.73. The van der Waals surface area contributed by atoms with Gasteiger partial charge in [-0.15, -0.1) is 0 Å². The first kappa shape index (κ1) is 13.9. The Labute approximate surface area is 114 Å². The number of β-amino-alcohol motifs (C(OH)–C–C–N with tert-alkyl or cyclic N) is 1. The highest BCUT2D eigenvalue weighted by Crippen LogP contribution is 2.52. The Hall–Kier alpha value is -1.11. The molecule has 1 aliphatic carbocycles. The van der Waals surface area contributed by atoms with Crippen LogP contribution in [0.25, 0.3) is 0 Å².